The maximum atomic E-state index is 6.05. The summed E-state index contributed by atoms with van der Waals surface area (Å²) in [7, 11) is 0. The summed E-state index contributed by atoms with van der Waals surface area (Å²) >= 11 is 0. The van der Waals surface area contributed by atoms with Crippen LogP contribution in [0, 0.1) is 0 Å². The van der Waals surface area contributed by atoms with E-state index in [-0.39, 0.29) is 0 Å². The fourth-order valence-electron chi connectivity index (χ4n) is 2.03. The van der Waals surface area contributed by atoms with E-state index in [1.807, 2.05) is 0 Å². The molecule has 0 aromatic rings. The van der Waals surface area contributed by atoms with E-state index in [9.17, 15) is 0 Å². The summed E-state index contributed by atoms with van der Waals surface area (Å²) in [6.07, 6.45) is 7.93. The Bertz CT molecular complexity index is 119. The molecule has 1 unspecified atom stereocenters. The summed E-state index contributed by atoms with van der Waals surface area (Å²) in [6.45, 7) is 5.91. The molecule has 0 amide bonds. The molecule has 1 saturated heterocycles. The van der Waals surface area contributed by atoms with E-state index >= 15 is 0 Å². The van der Waals surface area contributed by atoms with Crippen LogP contribution in [0.2, 0.25) is 0 Å². The smallest absolute Gasteiger partial charge is 0.0167 e. The lowest BCUT2D eigenvalue weighted by molar-refractivity contribution is 0.212. The highest BCUT2D eigenvalue weighted by Crippen LogP contribution is 2.09. The average Bonchev–Trinajstić information content (AvgIpc) is 2.16. The molecule has 1 atom stereocenters. The Hall–Kier alpha value is -0.0800. The van der Waals surface area contributed by atoms with Gasteiger partial charge in [0.2, 0.25) is 0 Å². The number of rotatable bonds is 5. The van der Waals surface area contributed by atoms with Gasteiger partial charge in [-0.1, -0.05) is 26.2 Å². The van der Waals surface area contributed by atoms with E-state index < -0.39 is 0 Å². The van der Waals surface area contributed by atoms with Gasteiger partial charge in [0.15, 0.2) is 0 Å². The Morgan fingerprint density at radius 1 is 1.23 bits per heavy atom. The number of nitrogens with two attached hydrogens (primary N) is 1. The zero-order valence-corrected chi connectivity index (χ0v) is 8.97. The summed E-state index contributed by atoms with van der Waals surface area (Å²) < 4.78 is 0. The van der Waals surface area contributed by atoms with E-state index in [0.717, 1.165) is 6.54 Å². The number of hydrogen-bond donors (Lipinski definition) is 1. The molecule has 1 aliphatic rings. The molecule has 1 aliphatic heterocycles. The standard InChI is InChI=1S/C11H24N2/c1-2-3-7-11(12)10-13-8-5-4-6-9-13/h11H,2-10,12H2,1H3. The van der Waals surface area contributed by atoms with Crippen LogP contribution in [-0.2, 0) is 0 Å². The predicted molar refractivity (Wildman–Crippen MR) is 57.8 cm³/mol. The van der Waals surface area contributed by atoms with Crippen molar-refractivity contribution in [3.63, 3.8) is 0 Å². The Morgan fingerprint density at radius 2 is 1.92 bits per heavy atom. The number of nitrogens with zero attached hydrogens (tertiary/aromatic N) is 1. The molecule has 0 radical (unpaired) electrons. The summed E-state index contributed by atoms with van der Waals surface area (Å²) in [5.74, 6) is 0. The van der Waals surface area contributed by atoms with Crippen molar-refractivity contribution in [2.45, 2.75) is 51.5 Å². The number of unbranched alkanes of at least 4 members (excludes halogenated alkanes) is 1. The van der Waals surface area contributed by atoms with Gasteiger partial charge in [-0.25, -0.2) is 0 Å². The van der Waals surface area contributed by atoms with Gasteiger partial charge in [0.1, 0.15) is 0 Å². The number of likely N-dealkylation sites (tertiary alicyclic amines) is 1. The first-order valence-electron chi connectivity index (χ1n) is 5.81. The van der Waals surface area contributed by atoms with Gasteiger partial charge < -0.3 is 10.6 Å². The molecule has 0 aromatic carbocycles. The highest BCUT2D eigenvalue weighted by molar-refractivity contribution is 4.71. The Morgan fingerprint density at radius 3 is 2.54 bits per heavy atom. The molecule has 2 nitrogen and oxygen atoms in total. The fraction of sp³-hybridized carbons (Fsp3) is 1.00. The van der Waals surface area contributed by atoms with Crippen molar-refractivity contribution in [2.24, 2.45) is 5.73 Å². The van der Waals surface area contributed by atoms with Gasteiger partial charge in [0, 0.05) is 12.6 Å². The lowest BCUT2D eigenvalue weighted by atomic mass is 10.1. The van der Waals surface area contributed by atoms with E-state index in [0.29, 0.717) is 6.04 Å². The quantitative estimate of drug-likeness (QED) is 0.708. The first-order valence-corrected chi connectivity index (χ1v) is 5.81. The van der Waals surface area contributed by atoms with Gasteiger partial charge in [0.05, 0.1) is 0 Å². The summed E-state index contributed by atoms with van der Waals surface area (Å²) in [4.78, 5) is 2.53. The number of piperidine rings is 1. The van der Waals surface area contributed by atoms with Gasteiger partial charge in [-0.2, -0.15) is 0 Å². The molecule has 1 rings (SSSR count). The van der Waals surface area contributed by atoms with Crippen LogP contribution in [0.1, 0.15) is 45.4 Å². The van der Waals surface area contributed by atoms with Gasteiger partial charge in [-0.05, 0) is 32.4 Å². The molecule has 1 fully saturated rings. The third-order valence-electron chi connectivity index (χ3n) is 2.87. The molecule has 78 valence electrons. The van der Waals surface area contributed by atoms with Crippen molar-refractivity contribution < 1.29 is 0 Å². The van der Waals surface area contributed by atoms with Crippen molar-refractivity contribution in [1.82, 2.24) is 4.90 Å². The van der Waals surface area contributed by atoms with Crippen LogP contribution < -0.4 is 5.73 Å². The van der Waals surface area contributed by atoms with Crippen LogP contribution in [-0.4, -0.2) is 30.6 Å². The normalized spacial score (nSPS) is 21.7. The van der Waals surface area contributed by atoms with Gasteiger partial charge in [-0.3, -0.25) is 0 Å². The third kappa shape index (κ3) is 4.63. The summed E-state index contributed by atoms with van der Waals surface area (Å²) in [5, 5.41) is 0. The molecular formula is C11H24N2. The molecular weight excluding hydrogens is 160 g/mol. The predicted octanol–water partition coefficient (Wildman–Crippen LogP) is 1.99. The second kappa shape index (κ2) is 6.39. The SMILES string of the molecule is CCCCC(N)CN1CCCCC1. The Balaban J connectivity index is 2.07. The zero-order valence-electron chi connectivity index (χ0n) is 8.97. The first kappa shape index (κ1) is 11.0. The topological polar surface area (TPSA) is 29.3 Å². The highest BCUT2D eigenvalue weighted by atomic mass is 15.1. The van der Waals surface area contributed by atoms with Gasteiger partial charge >= 0.3 is 0 Å². The maximum Gasteiger partial charge on any atom is 0.0167 e. The van der Waals surface area contributed by atoms with E-state index in [1.54, 1.807) is 0 Å². The minimum Gasteiger partial charge on any atom is -0.327 e. The second-order valence-electron chi connectivity index (χ2n) is 4.26. The monoisotopic (exact) mass is 184 g/mol. The molecule has 2 heteroatoms. The van der Waals surface area contributed by atoms with E-state index in [4.69, 9.17) is 5.73 Å². The molecule has 0 bridgehead atoms. The highest BCUT2D eigenvalue weighted by Gasteiger charge is 2.12. The average molecular weight is 184 g/mol. The molecule has 0 aromatic heterocycles. The summed E-state index contributed by atoms with van der Waals surface area (Å²) in [5.41, 5.74) is 6.05. The summed E-state index contributed by atoms with van der Waals surface area (Å²) in [6, 6.07) is 0.415. The van der Waals surface area contributed by atoms with Crippen LogP contribution >= 0.6 is 0 Å². The molecule has 2 N–H and O–H groups in total. The van der Waals surface area contributed by atoms with E-state index in [1.165, 1.54) is 51.6 Å². The maximum absolute atomic E-state index is 6.05. The molecule has 1 heterocycles. The second-order valence-corrected chi connectivity index (χ2v) is 4.26. The zero-order chi connectivity index (χ0) is 9.52. The number of hydrogen-bond acceptors (Lipinski definition) is 2. The minimum atomic E-state index is 0.415. The molecule has 0 spiro atoms. The van der Waals surface area contributed by atoms with Gasteiger partial charge in [-0.15, -0.1) is 0 Å². The van der Waals surface area contributed by atoms with Crippen LogP contribution in [0.5, 0.6) is 0 Å². The van der Waals surface area contributed by atoms with Crippen molar-refractivity contribution >= 4 is 0 Å². The lowest BCUT2D eigenvalue weighted by Crippen LogP contribution is -2.40. The van der Waals surface area contributed by atoms with Crippen LogP contribution in [0.4, 0.5) is 0 Å². The molecule has 0 aliphatic carbocycles. The van der Waals surface area contributed by atoms with Crippen molar-refractivity contribution in [2.75, 3.05) is 19.6 Å². The van der Waals surface area contributed by atoms with Crippen molar-refractivity contribution in [3.05, 3.63) is 0 Å². The lowest BCUT2D eigenvalue weighted by Gasteiger charge is -2.28. The molecule has 0 saturated carbocycles. The van der Waals surface area contributed by atoms with E-state index in [2.05, 4.69) is 11.8 Å². The van der Waals surface area contributed by atoms with Gasteiger partial charge in [0.25, 0.3) is 0 Å². The largest absolute Gasteiger partial charge is 0.327 e. The van der Waals surface area contributed by atoms with Crippen LogP contribution in [0.3, 0.4) is 0 Å². The Labute approximate surface area is 82.5 Å². The van der Waals surface area contributed by atoms with Crippen LogP contribution in [0.25, 0.3) is 0 Å². The molecule has 13 heavy (non-hydrogen) atoms. The Kier molecular flexibility index (Phi) is 5.40. The first-order chi connectivity index (χ1) is 6.33. The minimum absolute atomic E-state index is 0.415. The third-order valence-corrected chi connectivity index (χ3v) is 2.87. The van der Waals surface area contributed by atoms with Crippen molar-refractivity contribution in [3.8, 4) is 0 Å². The fourth-order valence-corrected chi connectivity index (χ4v) is 2.03. The van der Waals surface area contributed by atoms with Crippen molar-refractivity contribution in [1.29, 1.82) is 0 Å². The van der Waals surface area contributed by atoms with Crippen LogP contribution in [0.15, 0.2) is 0 Å².